The highest BCUT2D eigenvalue weighted by molar-refractivity contribution is 6.30. The van der Waals surface area contributed by atoms with Gasteiger partial charge in [0.05, 0.1) is 5.69 Å². The van der Waals surface area contributed by atoms with Gasteiger partial charge in [-0.3, -0.25) is 0 Å². The van der Waals surface area contributed by atoms with Crippen LogP contribution in [0.25, 0.3) is 16.9 Å². The van der Waals surface area contributed by atoms with Crippen molar-refractivity contribution in [2.24, 2.45) is 0 Å². The number of nitrogens with one attached hydrogen (secondary N) is 1. The van der Waals surface area contributed by atoms with Crippen LogP contribution in [-0.4, -0.2) is 14.6 Å². The maximum Gasteiger partial charge on any atom is 0.247 e. The summed E-state index contributed by atoms with van der Waals surface area (Å²) >= 11 is 6.05. The molecule has 0 aliphatic rings. The average molecular weight is 285 g/mol. The lowest BCUT2D eigenvalue weighted by Gasteiger charge is -2.04. The second-order valence-electron chi connectivity index (χ2n) is 4.27. The van der Waals surface area contributed by atoms with E-state index in [-0.39, 0.29) is 0 Å². The summed E-state index contributed by atoms with van der Waals surface area (Å²) in [6, 6.07) is 13.6. The molecule has 0 saturated carbocycles. The Balaban J connectivity index is 2.13. The topological polar surface area (TPSA) is 42.2 Å². The number of fused-ring (bicyclic) bond motifs is 1. The Hall–Kier alpha value is -2.33. The van der Waals surface area contributed by atoms with Gasteiger partial charge in [0.2, 0.25) is 5.95 Å². The zero-order chi connectivity index (χ0) is 13.9. The Morgan fingerprint density at radius 1 is 1.20 bits per heavy atom. The summed E-state index contributed by atoms with van der Waals surface area (Å²) in [4.78, 5) is 4.42. The van der Waals surface area contributed by atoms with Gasteiger partial charge in [-0.1, -0.05) is 35.9 Å². The molecule has 0 unspecified atom stereocenters. The van der Waals surface area contributed by atoms with Gasteiger partial charge >= 0.3 is 0 Å². The smallest absolute Gasteiger partial charge is 0.247 e. The molecule has 100 valence electrons. The van der Waals surface area contributed by atoms with Crippen molar-refractivity contribution >= 4 is 23.2 Å². The minimum absolute atomic E-state index is 0.567. The van der Waals surface area contributed by atoms with E-state index in [4.69, 9.17) is 11.6 Å². The monoisotopic (exact) mass is 284 g/mol. The first-order valence-electron chi connectivity index (χ1n) is 6.27. The normalized spacial score (nSPS) is 11.3. The molecule has 2 aromatic heterocycles. The molecular formula is C15H13ClN4. The summed E-state index contributed by atoms with van der Waals surface area (Å²) in [5, 5.41) is 8.18. The molecule has 1 aromatic carbocycles. The van der Waals surface area contributed by atoms with Gasteiger partial charge in [-0.2, -0.15) is 4.98 Å². The summed E-state index contributed by atoms with van der Waals surface area (Å²) in [6.45, 7) is 1.93. The van der Waals surface area contributed by atoms with Gasteiger partial charge in [-0.25, -0.2) is 4.52 Å². The van der Waals surface area contributed by atoms with E-state index < -0.39 is 0 Å². The van der Waals surface area contributed by atoms with Crippen molar-refractivity contribution in [3.05, 3.63) is 59.8 Å². The lowest BCUT2D eigenvalue weighted by molar-refractivity contribution is 0.973. The SMILES string of the molecule is C/C=C/Nc1nc2cccc(-c3cccc(Cl)c3)n2n1. The molecule has 20 heavy (non-hydrogen) atoms. The van der Waals surface area contributed by atoms with E-state index in [1.165, 1.54) is 0 Å². The van der Waals surface area contributed by atoms with Crippen molar-refractivity contribution in [2.75, 3.05) is 5.32 Å². The van der Waals surface area contributed by atoms with Crippen LogP contribution in [0.5, 0.6) is 0 Å². The standard InChI is InChI=1S/C15H13ClN4/c1-2-9-17-15-18-14-8-4-7-13(20(14)19-15)11-5-3-6-12(16)10-11/h2-10H,1H3,(H,17,19)/b9-2+. The van der Waals surface area contributed by atoms with Crippen molar-refractivity contribution in [3.63, 3.8) is 0 Å². The van der Waals surface area contributed by atoms with Crippen molar-refractivity contribution in [3.8, 4) is 11.3 Å². The van der Waals surface area contributed by atoms with E-state index in [1.807, 2.05) is 55.5 Å². The second-order valence-corrected chi connectivity index (χ2v) is 4.71. The zero-order valence-corrected chi connectivity index (χ0v) is 11.7. The van der Waals surface area contributed by atoms with Gasteiger partial charge in [0, 0.05) is 10.6 Å². The number of allylic oxidation sites excluding steroid dienone is 1. The molecule has 0 atom stereocenters. The number of nitrogens with zero attached hydrogens (tertiary/aromatic N) is 3. The fourth-order valence-electron chi connectivity index (χ4n) is 1.99. The van der Waals surface area contributed by atoms with E-state index in [0.29, 0.717) is 11.0 Å². The Kier molecular flexibility index (Phi) is 3.39. The van der Waals surface area contributed by atoms with Crippen LogP contribution >= 0.6 is 11.6 Å². The van der Waals surface area contributed by atoms with Gasteiger partial charge in [0.25, 0.3) is 0 Å². The molecule has 2 heterocycles. The molecule has 5 heteroatoms. The van der Waals surface area contributed by atoms with Crippen LogP contribution in [0.15, 0.2) is 54.7 Å². The highest BCUT2D eigenvalue weighted by Gasteiger charge is 2.08. The molecule has 3 rings (SSSR count). The summed E-state index contributed by atoms with van der Waals surface area (Å²) in [6.07, 6.45) is 3.69. The highest BCUT2D eigenvalue weighted by Crippen LogP contribution is 2.23. The largest absolute Gasteiger partial charge is 0.330 e. The predicted molar refractivity (Wildman–Crippen MR) is 81.9 cm³/mol. The number of rotatable bonds is 3. The third-order valence-corrected chi connectivity index (χ3v) is 3.09. The molecule has 0 aliphatic carbocycles. The van der Waals surface area contributed by atoms with Gasteiger partial charge in [0.1, 0.15) is 0 Å². The number of aromatic nitrogens is 3. The first kappa shape index (κ1) is 12.7. The van der Waals surface area contributed by atoms with Crippen LogP contribution < -0.4 is 5.32 Å². The van der Waals surface area contributed by atoms with Crippen LogP contribution in [0.1, 0.15) is 6.92 Å². The molecule has 0 aliphatic heterocycles. The molecular weight excluding hydrogens is 272 g/mol. The Labute approximate surface area is 121 Å². The second kappa shape index (κ2) is 5.35. The van der Waals surface area contributed by atoms with Crippen molar-refractivity contribution < 1.29 is 0 Å². The molecule has 3 aromatic rings. The average Bonchev–Trinajstić information content (AvgIpc) is 2.87. The number of halogens is 1. The fraction of sp³-hybridized carbons (Fsp3) is 0.0667. The van der Waals surface area contributed by atoms with Crippen LogP contribution in [-0.2, 0) is 0 Å². The first-order valence-corrected chi connectivity index (χ1v) is 6.65. The number of hydrogen-bond donors (Lipinski definition) is 1. The van der Waals surface area contributed by atoms with Crippen LogP contribution in [0.2, 0.25) is 5.02 Å². The first-order chi connectivity index (χ1) is 9.78. The third kappa shape index (κ3) is 2.38. The van der Waals surface area contributed by atoms with Crippen molar-refractivity contribution in [1.82, 2.24) is 14.6 Å². The molecule has 0 fully saturated rings. The summed E-state index contributed by atoms with van der Waals surface area (Å²) in [5.74, 6) is 0.567. The van der Waals surface area contributed by atoms with Gasteiger partial charge in [-0.15, -0.1) is 5.10 Å². The molecule has 0 radical (unpaired) electrons. The maximum atomic E-state index is 6.05. The summed E-state index contributed by atoms with van der Waals surface area (Å²) < 4.78 is 1.80. The van der Waals surface area contributed by atoms with E-state index in [1.54, 1.807) is 10.7 Å². The van der Waals surface area contributed by atoms with E-state index in [9.17, 15) is 0 Å². The Morgan fingerprint density at radius 3 is 2.85 bits per heavy atom. The highest BCUT2D eigenvalue weighted by atomic mass is 35.5. The molecule has 0 spiro atoms. The summed E-state index contributed by atoms with van der Waals surface area (Å²) in [7, 11) is 0. The van der Waals surface area contributed by atoms with E-state index in [0.717, 1.165) is 16.9 Å². The van der Waals surface area contributed by atoms with Gasteiger partial charge < -0.3 is 5.32 Å². The van der Waals surface area contributed by atoms with Crippen molar-refractivity contribution in [1.29, 1.82) is 0 Å². The molecule has 0 saturated heterocycles. The zero-order valence-electron chi connectivity index (χ0n) is 10.9. The lowest BCUT2D eigenvalue weighted by Crippen LogP contribution is -1.94. The molecule has 4 nitrogen and oxygen atoms in total. The third-order valence-electron chi connectivity index (χ3n) is 2.86. The molecule has 0 bridgehead atoms. The minimum Gasteiger partial charge on any atom is -0.330 e. The quantitative estimate of drug-likeness (QED) is 0.790. The van der Waals surface area contributed by atoms with Crippen molar-refractivity contribution in [2.45, 2.75) is 6.92 Å². The number of hydrogen-bond acceptors (Lipinski definition) is 3. The van der Waals surface area contributed by atoms with E-state index in [2.05, 4.69) is 15.4 Å². The lowest BCUT2D eigenvalue weighted by atomic mass is 10.1. The minimum atomic E-state index is 0.567. The van der Waals surface area contributed by atoms with Gasteiger partial charge in [0.15, 0.2) is 5.65 Å². The van der Waals surface area contributed by atoms with Crippen LogP contribution in [0, 0.1) is 0 Å². The molecule has 1 N–H and O–H groups in total. The Morgan fingerprint density at radius 2 is 2.05 bits per heavy atom. The number of pyridine rings is 1. The predicted octanol–water partition coefficient (Wildman–Crippen LogP) is 4.00. The van der Waals surface area contributed by atoms with Crippen LogP contribution in [0.3, 0.4) is 0 Å². The fourth-order valence-corrected chi connectivity index (χ4v) is 2.18. The number of anilines is 1. The van der Waals surface area contributed by atoms with Crippen LogP contribution in [0.4, 0.5) is 5.95 Å². The number of benzene rings is 1. The van der Waals surface area contributed by atoms with Gasteiger partial charge in [-0.05, 0) is 37.4 Å². The summed E-state index contributed by atoms with van der Waals surface area (Å²) in [5.41, 5.74) is 2.74. The Bertz CT molecular complexity index is 776. The van der Waals surface area contributed by atoms with E-state index >= 15 is 0 Å². The molecule has 0 amide bonds. The maximum absolute atomic E-state index is 6.05.